The molecule has 1 fully saturated rings. The SMILES string of the molecule is CCc1ccccc1O[C@@H](C)C(=O)NCCCN1CCCC[C@@H]1CC. The van der Waals surface area contributed by atoms with Crippen LogP contribution in [0.1, 0.15) is 58.4 Å². The molecular weight excluding hydrogens is 312 g/mol. The second kappa shape index (κ2) is 10.4. The normalized spacial score (nSPS) is 19.4. The molecule has 0 bridgehead atoms. The van der Waals surface area contributed by atoms with E-state index >= 15 is 0 Å². The van der Waals surface area contributed by atoms with Crippen LogP contribution in [0.15, 0.2) is 24.3 Å². The highest BCUT2D eigenvalue weighted by Crippen LogP contribution is 2.20. The highest BCUT2D eigenvalue weighted by atomic mass is 16.5. The van der Waals surface area contributed by atoms with Crippen molar-refractivity contribution in [2.75, 3.05) is 19.6 Å². The number of piperidine rings is 1. The maximum Gasteiger partial charge on any atom is 0.260 e. The van der Waals surface area contributed by atoms with Gasteiger partial charge in [0.05, 0.1) is 0 Å². The van der Waals surface area contributed by atoms with Gasteiger partial charge in [0, 0.05) is 19.1 Å². The Morgan fingerprint density at radius 3 is 2.88 bits per heavy atom. The van der Waals surface area contributed by atoms with E-state index in [0.717, 1.165) is 43.3 Å². The number of benzene rings is 1. The van der Waals surface area contributed by atoms with Gasteiger partial charge in [0.1, 0.15) is 5.75 Å². The lowest BCUT2D eigenvalue weighted by molar-refractivity contribution is -0.127. The van der Waals surface area contributed by atoms with Gasteiger partial charge in [0.25, 0.3) is 5.91 Å². The fourth-order valence-corrected chi connectivity index (χ4v) is 3.61. The number of hydrogen-bond donors (Lipinski definition) is 1. The van der Waals surface area contributed by atoms with Crippen LogP contribution in [-0.4, -0.2) is 42.6 Å². The van der Waals surface area contributed by atoms with Gasteiger partial charge in [-0.2, -0.15) is 0 Å². The van der Waals surface area contributed by atoms with Crippen LogP contribution in [0.25, 0.3) is 0 Å². The van der Waals surface area contributed by atoms with Crippen molar-refractivity contribution < 1.29 is 9.53 Å². The summed E-state index contributed by atoms with van der Waals surface area (Å²) in [7, 11) is 0. The van der Waals surface area contributed by atoms with Gasteiger partial charge in [-0.15, -0.1) is 0 Å². The largest absolute Gasteiger partial charge is 0.481 e. The van der Waals surface area contributed by atoms with Crippen molar-refractivity contribution in [3.8, 4) is 5.75 Å². The van der Waals surface area contributed by atoms with Gasteiger partial charge in [-0.05, 0) is 57.2 Å². The van der Waals surface area contributed by atoms with Crippen LogP contribution >= 0.6 is 0 Å². The summed E-state index contributed by atoms with van der Waals surface area (Å²) in [6.07, 6.45) is 6.66. The van der Waals surface area contributed by atoms with Crippen molar-refractivity contribution in [1.29, 1.82) is 0 Å². The molecule has 1 aliphatic heterocycles. The second-order valence-electron chi connectivity index (χ2n) is 6.96. The van der Waals surface area contributed by atoms with Gasteiger partial charge >= 0.3 is 0 Å². The minimum absolute atomic E-state index is 0.0309. The summed E-state index contributed by atoms with van der Waals surface area (Å²) in [4.78, 5) is 14.9. The average molecular weight is 347 g/mol. The first-order chi connectivity index (χ1) is 12.2. The van der Waals surface area contributed by atoms with Crippen molar-refractivity contribution in [2.45, 2.75) is 71.4 Å². The lowest BCUT2D eigenvalue weighted by Crippen LogP contribution is -2.41. The molecule has 0 aromatic heterocycles. The maximum atomic E-state index is 12.3. The van der Waals surface area contributed by atoms with Crippen molar-refractivity contribution in [1.82, 2.24) is 10.2 Å². The van der Waals surface area contributed by atoms with E-state index in [4.69, 9.17) is 4.74 Å². The lowest BCUT2D eigenvalue weighted by Gasteiger charge is -2.35. The Kier molecular flexibility index (Phi) is 8.26. The first kappa shape index (κ1) is 19.8. The molecule has 2 rings (SSSR count). The second-order valence-corrected chi connectivity index (χ2v) is 6.96. The number of amides is 1. The molecule has 25 heavy (non-hydrogen) atoms. The molecule has 1 heterocycles. The van der Waals surface area contributed by atoms with Crippen LogP contribution in [0.2, 0.25) is 0 Å². The van der Waals surface area contributed by atoms with Crippen molar-refractivity contribution in [2.24, 2.45) is 0 Å². The van der Waals surface area contributed by atoms with Gasteiger partial charge < -0.3 is 15.0 Å². The summed E-state index contributed by atoms with van der Waals surface area (Å²) >= 11 is 0. The van der Waals surface area contributed by atoms with Gasteiger partial charge in [0.15, 0.2) is 6.10 Å². The summed E-state index contributed by atoms with van der Waals surface area (Å²) in [5.74, 6) is 0.781. The Labute approximate surface area is 152 Å². The molecule has 1 amide bonds. The Morgan fingerprint density at radius 2 is 2.12 bits per heavy atom. The Balaban J connectivity index is 1.70. The first-order valence-corrected chi connectivity index (χ1v) is 9.92. The number of carbonyl (C=O) groups is 1. The number of likely N-dealkylation sites (tertiary alicyclic amines) is 1. The molecule has 4 nitrogen and oxygen atoms in total. The Bertz CT molecular complexity index is 532. The predicted octanol–water partition coefficient (Wildman–Crippen LogP) is 3.79. The number of para-hydroxylation sites is 1. The molecule has 1 aromatic rings. The predicted molar refractivity (Wildman–Crippen MR) is 103 cm³/mol. The molecule has 1 aliphatic rings. The van der Waals surface area contributed by atoms with Gasteiger partial charge in [-0.25, -0.2) is 0 Å². The summed E-state index contributed by atoms with van der Waals surface area (Å²) in [5.41, 5.74) is 1.14. The number of rotatable bonds is 9. The number of hydrogen-bond acceptors (Lipinski definition) is 3. The quantitative estimate of drug-likeness (QED) is 0.692. The van der Waals surface area contributed by atoms with Crippen LogP contribution in [-0.2, 0) is 11.2 Å². The molecule has 0 saturated carbocycles. The summed E-state index contributed by atoms with van der Waals surface area (Å²) < 4.78 is 5.86. The van der Waals surface area contributed by atoms with E-state index in [1.807, 2.05) is 31.2 Å². The van der Waals surface area contributed by atoms with E-state index in [0.29, 0.717) is 0 Å². The van der Waals surface area contributed by atoms with Crippen molar-refractivity contribution in [3.05, 3.63) is 29.8 Å². The number of ether oxygens (including phenoxy) is 1. The smallest absolute Gasteiger partial charge is 0.260 e. The molecule has 0 radical (unpaired) electrons. The zero-order valence-corrected chi connectivity index (χ0v) is 16.1. The minimum Gasteiger partial charge on any atom is -0.481 e. The van der Waals surface area contributed by atoms with Crippen LogP contribution in [0.3, 0.4) is 0 Å². The summed E-state index contributed by atoms with van der Waals surface area (Å²) in [6, 6.07) is 8.66. The van der Waals surface area contributed by atoms with E-state index in [2.05, 4.69) is 24.1 Å². The third-order valence-electron chi connectivity index (χ3n) is 5.17. The molecule has 0 unspecified atom stereocenters. The lowest BCUT2D eigenvalue weighted by atomic mass is 10.00. The topological polar surface area (TPSA) is 41.6 Å². The zero-order valence-electron chi connectivity index (χ0n) is 16.1. The molecule has 1 saturated heterocycles. The number of carbonyl (C=O) groups excluding carboxylic acids is 1. The third-order valence-corrected chi connectivity index (χ3v) is 5.17. The fourth-order valence-electron chi connectivity index (χ4n) is 3.61. The molecule has 1 aromatic carbocycles. The number of nitrogens with one attached hydrogen (secondary N) is 1. The fraction of sp³-hybridized carbons (Fsp3) is 0.667. The van der Waals surface area contributed by atoms with E-state index in [1.54, 1.807) is 0 Å². The minimum atomic E-state index is -0.467. The van der Waals surface area contributed by atoms with Crippen LogP contribution in [0.4, 0.5) is 0 Å². The van der Waals surface area contributed by atoms with E-state index < -0.39 is 6.10 Å². The summed E-state index contributed by atoms with van der Waals surface area (Å²) in [5, 5.41) is 3.02. The maximum absolute atomic E-state index is 12.3. The van der Waals surface area contributed by atoms with Crippen molar-refractivity contribution in [3.63, 3.8) is 0 Å². The highest BCUT2D eigenvalue weighted by Gasteiger charge is 2.20. The number of aryl methyl sites for hydroxylation is 1. The van der Waals surface area contributed by atoms with Gasteiger partial charge in [0.2, 0.25) is 0 Å². The molecule has 2 atom stereocenters. The summed E-state index contributed by atoms with van der Waals surface area (Å²) in [6.45, 7) is 9.19. The van der Waals surface area contributed by atoms with Crippen LogP contribution in [0, 0.1) is 0 Å². The number of nitrogens with zero attached hydrogens (tertiary/aromatic N) is 1. The van der Waals surface area contributed by atoms with Crippen LogP contribution < -0.4 is 10.1 Å². The molecule has 0 aliphatic carbocycles. The monoisotopic (exact) mass is 346 g/mol. The standard InChI is InChI=1S/C21H34N2O2/c1-4-18-11-6-7-13-20(18)25-17(3)21(24)22-14-10-16-23-15-9-8-12-19(23)5-2/h6-7,11,13,17,19H,4-5,8-10,12,14-16H2,1-3H3,(H,22,24)/t17-,19-/m0/s1. The molecule has 140 valence electrons. The first-order valence-electron chi connectivity index (χ1n) is 9.92. The van der Waals surface area contributed by atoms with Crippen molar-refractivity contribution >= 4 is 5.91 Å². The van der Waals surface area contributed by atoms with Gasteiger partial charge in [-0.3, -0.25) is 4.79 Å². The molecule has 0 spiro atoms. The molecular formula is C21H34N2O2. The zero-order chi connectivity index (χ0) is 18.1. The van der Waals surface area contributed by atoms with E-state index in [9.17, 15) is 4.79 Å². The Morgan fingerprint density at radius 1 is 1.32 bits per heavy atom. The van der Waals surface area contributed by atoms with E-state index in [-0.39, 0.29) is 5.91 Å². The highest BCUT2D eigenvalue weighted by molar-refractivity contribution is 5.80. The molecule has 1 N–H and O–H groups in total. The molecule has 4 heteroatoms. The van der Waals surface area contributed by atoms with Gasteiger partial charge in [-0.1, -0.05) is 38.5 Å². The van der Waals surface area contributed by atoms with Crippen LogP contribution in [0.5, 0.6) is 5.75 Å². The Hall–Kier alpha value is -1.55. The average Bonchev–Trinajstić information content (AvgIpc) is 2.65. The third kappa shape index (κ3) is 6.03. The van der Waals surface area contributed by atoms with E-state index in [1.165, 1.54) is 32.2 Å².